The fourth-order valence-corrected chi connectivity index (χ4v) is 2.86. The Labute approximate surface area is 169 Å². The Morgan fingerprint density at radius 2 is 1.76 bits per heavy atom. The quantitative estimate of drug-likeness (QED) is 0.545. The predicted molar refractivity (Wildman–Crippen MR) is 113 cm³/mol. The van der Waals surface area contributed by atoms with Crippen molar-refractivity contribution < 1.29 is 19.1 Å². The second-order valence-corrected chi connectivity index (χ2v) is 6.53. The standard InChI is InChI=1S/C23H24N2O4/c1-28-13-5-12-24-23(27)19-8-4-9-20(14-19)25-22(26)16-29-21-11-10-17-6-2-3-7-18(17)15-21/h2-4,6-11,14-15H,5,12-13,16H2,1H3,(H,24,27)(H,25,26). The first-order chi connectivity index (χ1) is 14.2. The molecule has 0 radical (unpaired) electrons. The number of anilines is 1. The summed E-state index contributed by atoms with van der Waals surface area (Å²) in [6, 6.07) is 20.4. The van der Waals surface area contributed by atoms with Crippen LogP contribution in [0.5, 0.6) is 5.75 Å². The molecule has 6 nitrogen and oxygen atoms in total. The molecule has 3 aromatic rings. The summed E-state index contributed by atoms with van der Waals surface area (Å²) in [4.78, 5) is 24.4. The van der Waals surface area contributed by atoms with Crippen molar-refractivity contribution in [1.29, 1.82) is 0 Å². The zero-order valence-electron chi connectivity index (χ0n) is 16.3. The van der Waals surface area contributed by atoms with E-state index in [2.05, 4.69) is 10.6 Å². The molecule has 0 aromatic heterocycles. The molecule has 0 saturated carbocycles. The first-order valence-electron chi connectivity index (χ1n) is 9.44. The summed E-state index contributed by atoms with van der Waals surface area (Å²) in [7, 11) is 1.62. The minimum Gasteiger partial charge on any atom is -0.484 e. The lowest BCUT2D eigenvalue weighted by molar-refractivity contribution is -0.118. The van der Waals surface area contributed by atoms with E-state index in [-0.39, 0.29) is 18.4 Å². The molecule has 6 heteroatoms. The van der Waals surface area contributed by atoms with Crippen LogP contribution in [0.4, 0.5) is 5.69 Å². The fourth-order valence-electron chi connectivity index (χ4n) is 2.86. The number of hydrogen-bond acceptors (Lipinski definition) is 4. The number of ether oxygens (including phenoxy) is 2. The van der Waals surface area contributed by atoms with Crippen LogP contribution in [0.25, 0.3) is 10.8 Å². The molecule has 3 aromatic carbocycles. The van der Waals surface area contributed by atoms with Crippen LogP contribution < -0.4 is 15.4 Å². The van der Waals surface area contributed by atoms with Gasteiger partial charge in [0.2, 0.25) is 0 Å². The third-order valence-corrected chi connectivity index (χ3v) is 4.31. The smallest absolute Gasteiger partial charge is 0.262 e. The summed E-state index contributed by atoms with van der Waals surface area (Å²) in [6.07, 6.45) is 0.741. The minimum atomic E-state index is -0.296. The highest BCUT2D eigenvalue weighted by Gasteiger charge is 2.08. The Bertz CT molecular complexity index is 987. The van der Waals surface area contributed by atoms with Gasteiger partial charge in [0.05, 0.1) is 0 Å². The van der Waals surface area contributed by atoms with Crippen molar-refractivity contribution in [3.05, 3.63) is 72.3 Å². The summed E-state index contributed by atoms with van der Waals surface area (Å²) in [5.41, 5.74) is 1.03. The molecule has 0 atom stereocenters. The SMILES string of the molecule is COCCCNC(=O)c1cccc(NC(=O)COc2ccc3ccccc3c2)c1. The van der Waals surface area contributed by atoms with E-state index in [0.29, 0.717) is 30.2 Å². The third-order valence-electron chi connectivity index (χ3n) is 4.31. The van der Waals surface area contributed by atoms with Crippen LogP contribution in [-0.4, -0.2) is 38.7 Å². The number of benzene rings is 3. The van der Waals surface area contributed by atoms with Crippen molar-refractivity contribution in [3.8, 4) is 5.75 Å². The molecule has 0 saturated heterocycles. The van der Waals surface area contributed by atoms with Crippen molar-refractivity contribution >= 4 is 28.3 Å². The second-order valence-electron chi connectivity index (χ2n) is 6.53. The number of nitrogens with one attached hydrogen (secondary N) is 2. The first kappa shape index (κ1) is 20.4. The zero-order valence-corrected chi connectivity index (χ0v) is 16.3. The van der Waals surface area contributed by atoms with Crippen LogP contribution in [-0.2, 0) is 9.53 Å². The molecule has 0 aliphatic carbocycles. The maximum absolute atomic E-state index is 12.2. The highest BCUT2D eigenvalue weighted by Crippen LogP contribution is 2.20. The van der Waals surface area contributed by atoms with Crippen LogP contribution >= 0.6 is 0 Å². The van der Waals surface area contributed by atoms with Crippen molar-refractivity contribution in [3.63, 3.8) is 0 Å². The molecular formula is C23H24N2O4. The Morgan fingerprint density at radius 3 is 2.59 bits per heavy atom. The molecular weight excluding hydrogens is 368 g/mol. The fraction of sp³-hybridized carbons (Fsp3) is 0.217. The van der Waals surface area contributed by atoms with E-state index < -0.39 is 0 Å². The van der Waals surface area contributed by atoms with Crippen LogP contribution in [0.15, 0.2) is 66.7 Å². The molecule has 0 heterocycles. The number of rotatable bonds is 9. The van der Waals surface area contributed by atoms with Gasteiger partial charge in [0.1, 0.15) is 5.75 Å². The van der Waals surface area contributed by atoms with E-state index in [0.717, 1.165) is 17.2 Å². The summed E-state index contributed by atoms with van der Waals surface area (Å²) in [6.45, 7) is 1.00. The lowest BCUT2D eigenvalue weighted by Gasteiger charge is -2.10. The summed E-state index contributed by atoms with van der Waals surface area (Å²) in [5.74, 6) is 0.142. The molecule has 0 spiro atoms. The average Bonchev–Trinajstić information content (AvgIpc) is 2.75. The van der Waals surface area contributed by atoms with Gasteiger partial charge in [-0.2, -0.15) is 0 Å². The molecule has 2 amide bonds. The van der Waals surface area contributed by atoms with Crippen molar-refractivity contribution in [2.45, 2.75) is 6.42 Å². The molecule has 0 aliphatic heterocycles. The normalized spacial score (nSPS) is 10.5. The number of fused-ring (bicyclic) bond motifs is 1. The lowest BCUT2D eigenvalue weighted by atomic mass is 10.1. The molecule has 0 fully saturated rings. The topological polar surface area (TPSA) is 76.7 Å². The highest BCUT2D eigenvalue weighted by atomic mass is 16.5. The van der Waals surface area contributed by atoms with Crippen molar-refractivity contribution in [2.24, 2.45) is 0 Å². The van der Waals surface area contributed by atoms with E-state index >= 15 is 0 Å². The number of amides is 2. The average molecular weight is 392 g/mol. The highest BCUT2D eigenvalue weighted by molar-refractivity contribution is 5.97. The monoisotopic (exact) mass is 392 g/mol. The Hall–Kier alpha value is -3.38. The van der Waals surface area contributed by atoms with Gasteiger partial charge >= 0.3 is 0 Å². The molecule has 3 rings (SSSR count). The number of carbonyl (C=O) groups excluding carboxylic acids is 2. The Kier molecular flexibility index (Phi) is 7.19. The molecule has 2 N–H and O–H groups in total. The molecule has 0 unspecified atom stereocenters. The lowest BCUT2D eigenvalue weighted by Crippen LogP contribution is -2.25. The Balaban J connectivity index is 1.52. The van der Waals surface area contributed by atoms with Crippen molar-refractivity contribution in [1.82, 2.24) is 5.32 Å². The van der Waals surface area contributed by atoms with Gasteiger partial charge in [0.15, 0.2) is 6.61 Å². The molecule has 150 valence electrons. The maximum atomic E-state index is 12.2. The van der Waals surface area contributed by atoms with Gasteiger partial charge in [-0.1, -0.05) is 36.4 Å². The number of carbonyl (C=O) groups is 2. The van der Waals surface area contributed by atoms with Crippen LogP contribution in [0.2, 0.25) is 0 Å². The zero-order chi connectivity index (χ0) is 20.5. The van der Waals surface area contributed by atoms with Crippen LogP contribution in [0.3, 0.4) is 0 Å². The summed E-state index contributed by atoms with van der Waals surface area (Å²) < 4.78 is 10.6. The second kappa shape index (κ2) is 10.2. The van der Waals surface area contributed by atoms with Gasteiger partial charge in [0.25, 0.3) is 11.8 Å². The minimum absolute atomic E-state index is 0.119. The van der Waals surface area contributed by atoms with Gasteiger partial charge in [-0.3, -0.25) is 9.59 Å². The van der Waals surface area contributed by atoms with E-state index in [9.17, 15) is 9.59 Å². The third kappa shape index (κ3) is 6.05. The van der Waals surface area contributed by atoms with Gasteiger partial charge in [-0.05, 0) is 47.5 Å². The largest absolute Gasteiger partial charge is 0.484 e. The molecule has 0 bridgehead atoms. The number of methoxy groups -OCH3 is 1. The maximum Gasteiger partial charge on any atom is 0.262 e. The summed E-state index contributed by atoms with van der Waals surface area (Å²) in [5, 5.41) is 7.74. The van der Waals surface area contributed by atoms with Gasteiger partial charge in [-0.25, -0.2) is 0 Å². The van der Waals surface area contributed by atoms with Crippen molar-refractivity contribution in [2.75, 3.05) is 32.2 Å². The Morgan fingerprint density at radius 1 is 0.931 bits per heavy atom. The van der Waals surface area contributed by atoms with E-state index in [1.807, 2.05) is 42.5 Å². The van der Waals surface area contributed by atoms with E-state index in [4.69, 9.17) is 9.47 Å². The van der Waals surface area contributed by atoms with Gasteiger partial charge in [0, 0.05) is 31.5 Å². The first-order valence-corrected chi connectivity index (χ1v) is 9.44. The van der Waals surface area contributed by atoms with Gasteiger partial charge in [-0.15, -0.1) is 0 Å². The van der Waals surface area contributed by atoms with Gasteiger partial charge < -0.3 is 20.1 Å². The number of hydrogen-bond donors (Lipinski definition) is 2. The van der Waals surface area contributed by atoms with E-state index in [1.54, 1.807) is 31.4 Å². The predicted octanol–water partition coefficient (Wildman–Crippen LogP) is 3.62. The summed E-state index contributed by atoms with van der Waals surface area (Å²) >= 11 is 0. The van der Waals surface area contributed by atoms with Crippen LogP contribution in [0, 0.1) is 0 Å². The molecule has 29 heavy (non-hydrogen) atoms. The van der Waals surface area contributed by atoms with Crippen LogP contribution in [0.1, 0.15) is 16.8 Å². The molecule has 0 aliphatic rings. The van der Waals surface area contributed by atoms with E-state index in [1.165, 1.54) is 0 Å².